The molecule has 0 saturated carbocycles. The van der Waals surface area contributed by atoms with E-state index < -0.39 is 0 Å². The number of hydrogen-bond donors (Lipinski definition) is 2. The largest absolute Gasteiger partial charge is 0.409 e. The van der Waals surface area contributed by atoms with E-state index in [2.05, 4.69) is 30.8 Å². The third-order valence-corrected chi connectivity index (χ3v) is 3.85. The van der Waals surface area contributed by atoms with Crippen LogP contribution in [0.2, 0.25) is 0 Å². The number of nitrogens with two attached hydrogens (primary N) is 1. The first-order valence-corrected chi connectivity index (χ1v) is 6.62. The predicted octanol–water partition coefficient (Wildman–Crippen LogP) is 2.27. The molecule has 4 heteroatoms. The van der Waals surface area contributed by atoms with Gasteiger partial charge in [0, 0.05) is 6.42 Å². The van der Waals surface area contributed by atoms with Gasteiger partial charge in [0.05, 0.1) is 0 Å². The minimum atomic E-state index is 0.342. The second-order valence-electron chi connectivity index (χ2n) is 6.18. The molecule has 0 aromatic heterocycles. The average molecular weight is 241 g/mol. The summed E-state index contributed by atoms with van der Waals surface area (Å²) in [5.74, 6) is 1.19. The average Bonchev–Trinajstić information content (AvgIpc) is 2.28. The van der Waals surface area contributed by atoms with E-state index in [1.54, 1.807) is 0 Å². The molecule has 1 rings (SSSR count). The Kier molecular flexibility index (Phi) is 5.25. The van der Waals surface area contributed by atoms with Crippen molar-refractivity contribution in [1.29, 1.82) is 0 Å². The molecule has 1 aliphatic rings. The highest BCUT2D eigenvalue weighted by Crippen LogP contribution is 2.34. The summed E-state index contributed by atoms with van der Waals surface area (Å²) < 4.78 is 0. The van der Waals surface area contributed by atoms with Crippen molar-refractivity contribution in [3.05, 3.63) is 0 Å². The summed E-state index contributed by atoms with van der Waals surface area (Å²) in [7, 11) is 0. The van der Waals surface area contributed by atoms with Gasteiger partial charge in [0.2, 0.25) is 0 Å². The lowest BCUT2D eigenvalue weighted by molar-refractivity contribution is 0.112. The zero-order valence-electron chi connectivity index (χ0n) is 11.4. The van der Waals surface area contributed by atoms with Gasteiger partial charge in [0.1, 0.15) is 5.84 Å². The van der Waals surface area contributed by atoms with Crippen LogP contribution in [-0.4, -0.2) is 35.6 Å². The van der Waals surface area contributed by atoms with Crippen molar-refractivity contribution in [3.63, 3.8) is 0 Å². The standard InChI is InChI=1S/C13H27N3O/c1-13(2,3)11-6-9-16(10-7-11)8-4-5-12(14)15-17/h11,17H,4-10H2,1-3H3,(H2,14,15). The molecule has 0 atom stereocenters. The van der Waals surface area contributed by atoms with E-state index in [0.717, 1.165) is 18.9 Å². The van der Waals surface area contributed by atoms with Crippen LogP contribution in [0.15, 0.2) is 5.16 Å². The number of rotatable bonds is 4. The Labute approximate surface area is 105 Å². The molecule has 0 aromatic rings. The summed E-state index contributed by atoms with van der Waals surface area (Å²) in [4.78, 5) is 2.49. The van der Waals surface area contributed by atoms with Gasteiger partial charge in [0.15, 0.2) is 0 Å². The molecule has 0 bridgehead atoms. The topological polar surface area (TPSA) is 61.8 Å². The maximum Gasteiger partial charge on any atom is 0.139 e. The summed E-state index contributed by atoms with van der Waals surface area (Å²) in [6.45, 7) is 10.5. The van der Waals surface area contributed by atoms with Crippen LogP contribution in [0.5, 0.6) is 0 Å². The quantitative estimate of drug-likeness (QED) is 0.343. The van der Waals surface area contributed by atoms with Crippen molar-refractivity contribution in [3.8, 4) is 0 Å². The normalized spacial score (nSPS) is 20.8. The van der Waals surface area contributed by atoms with E-state index in [0.29, 0.717) is 17.7 Å². The Morgan fingerprint density at radius 3 is 2.41 bits per heavy atom. The van der Waals surface area contributed by atoms with Gasteiger partial charge in [0.25, 0.3) is 0 Å². The van der Waals surface area contributed by atoms with Gasteiger partial charge >= 0.3 is 0 Å². The van der Waals surface area contributed by atoms with Crippen LogP contribution in [0.3, 0.4) is 0 Å². The van der Waals surface area contributed by atoms with Crippen molar-refractivity contribution >= 4 is 5.84 Å². The van der Waals surface area contributed by atoms with Crippen molar-refractivity contribution in [2.45, 2.75) is 46.5 Å². The Morgan fingerprint density at radius 2 is 1.94 bits per heavy atom. The van der Waals surface area contributed by atoms with Gasteiger partial charge in [-0.25, -0.2) is 0 Å². The summed E-state index contributed by atoms with van der Waals surface area (Å²) in [6, 6.07) is 0. The van der Waals surface area contributed by atoms with E-state index in [-0.39, 0.29) is 0 Å². The van der Waals surface area contributed by atoms with Crippen molar-refractivity contribution in [2.75, 3.05) is 19.6 Å². The third-order valence-electron chi connectivity index (χ3n) is 3.85. The van der Waals surface area contributed by atoms with Crippen LogP contribution in [0.4, 0.5) is 0 Å². The summed E-state index contributed by atoms with van der Waals surface area (Å²) in [5, 5.41) is 11.4. The third kappa shape index (κ3) is 4.94. The van der Waals surface area contributed by atoms with Gasteiger partial charge in [-0.2, -0.15) is 0 Å². The molecule has 0 aromatic carbocycles. The van der Waals surface area contributed by atoms with Crippen LogP contribution < -0.4 is 5.73 Å². The molecule has 4 nitrogen and oxygen atoms in total. The highest BCUT2D eigenvalue weighted by Gasteiger charge is 2.28. The van der Waals surface area contributed by atoms with Gasteiger partial charge in [-0.1, -0.05) is 25.9 Å². The van der Waals surface area contributed by atoms with E-state index in [1.165, 1.54) is 25.9 Å². The smallest absolute Gasteiger partial charge is 0.139 e. The number of hydrogen-bond acceptors (Lipinski definition) is 3. The number of likely N-dealkylation sites (tertiary alicyclic amines) is 1. The maximum atomic E-state index is 8.45. The monoisotopic (exact) mass is 241 g/mol. The van der Waals surface area contributed by atoms with Gasteiger partial charge in [-0.15, -0.1) is 0 Å². The molecular formula is C13H27N3O. The number of oxime groups is 1. The van der Waals surface area contributed by atoms with Crippen molar-refractivity contribution in [1.82, 2.24) is 4.90 Å². The predicted molar refractivity (Wildman–Crippen MR) is 71.3 cm³/mol. The van der Waals surface area contributed by atoms with E-state index in [1.807, 2.05) is 0 Å². The Morgan fingerprint density at radius 1 is 1.35 bits per heavy atom. The van der Waals surface area contributed by atoms with Crippen LogP contribution in [-0.2, 0) is 0 Å². The fourth-order valence-electron chi connectivity index (χ4n) is 2.56. The van der Waals surface area contributed by atoms with E-state index >= 15 is 0 Å². The minimum absolute atomic E-state index is 0.342. The summed E-state index contributed by atoms with van der Waals surface area (Å²) >= 11 is 0. The maximum absolute atomic E-state index is 8.45. The molecule has 1 fully saturated rings. The first-order chi connectivity index (χ1) is 7.93. The molecule has 1 aliphatic heterocycles. The molecule has 3 N–H and O–H groups in total. The Bertz CT molecular complexity index is 250. The molecule has 0 spiro atoms. The molecule has 100 valence electrons. The van der Waals surface area contributed by atoms with Gasteiger partial charge in [-0.3, -0.25) is 0 Å². The zero-order chi connectivity index (χ0) is 12.9. The van der Waals surface area contributed by atoms with E-state index in [9.17, 15) is 0 Å². The van der Waals surface area contributed by atoms with Gasteiger partial charge in [-0.05, 0) is 50.2 Å². The Hall–Kier alpha value is -0.770. The number of nitrogens with zero attached hydrogens (tertiary/aromatic N) is 2. The molecule has 0 radical (unpaired) electrons. The van der Waals surface area contributed by atoms with E-state index in [4.69, 9.17) is 10.9 Å². The van der Waals surface area contributed by atoms with Crippen LogP contribution in [0.1, 0.15) is 46.5 Å². The fraction of sp³-hybridized carbons (Fsp3) is 0.923. The first kappa shape index (κ1) is 14.3. The van der Waals surface area contributed by atoms with Crippen LogP contribution >= 0.6 is 0 Å². The zero-order valence-corrected chi connectivity index (χ0v) is 11.4. The molecule has 1 saturated heterocycles. The van der Waals surface area contributed by atoms with Crippen molar-refractivity contribution < 1.29 is 5.21 Å². The second kappa shape index (κ2) is 6.24. The first-order valence-electron chi connectivity index (χ1n) is 6.62. The highest BCUT2D eigenvalue weighted by molar-refractivity contribution is 5.79. The summed E-state index contributed by atoms with van der Waals surface area (Å²) in [6.07, 6.45) is 4.27. The SMILES string of the molecule is CC(C)(C)C1CCN(CCCC(N)=NO)CC1. The highest BCUT2D eigenvalue weighted by atomic mass is 16.4. The minimum Gasteiger partial charge on any atom is -0.409 e. The summed E-state index contributed by atoms with van der Waals surface area (Å²) in [5.41, 5.74) is 5.89. The molecular weight excluding hydrogens is 214 g/mol. The van der Waals surface area contributed by atoms with Gasteiger partial charge < -0.3 is 15.8 Å². The lowest BCUT2D eigenvalue weighted by Gasteiger charge is -2.38. The lowest BCUT2D eigenvalue weighted by atomic mass is 9.75. The number of piperidine rings is 1. The molecule has 1 heterocycles. The van der Waals surface area contributed by atoms with Crippen LogP contribution in [0, 0.1) is 11.3 Å². The second-order valence-corrected chi connectivity index (χ2v) is 6.18. The fourth-order valence-corrected chi connectivity index (χ4v) is 2.56. The number of amidine groups is 1. The molecule has 0 unspecified atom stereocenters. The molecule has 17 heavy (non-hydrogen) atoms. The molecule has 0 aliphatic carbocycles. The molecule has 0 amide bonds. The van der Waals surface area contributed by atoms with Crippen molar-refractivity contribution in [2.24, 2.45) is 22.2 Å². The lowest BCUT2D eigenvalue weighted by Crippen LogP contribution is -2.38. The van der Waals surface area contributed by atoms with Crippen LogP contribution in [0.25, 0.3) is 0 Å². The Balaban J connectivity index is 2.19.